The SMILES string of the molecule is CC1(C2CCOCC2)CNC(=O)NC1. The Bertz CT molecular complexity index is 214. The van der Waals surface area contributed by atoms with Crippen molar-refractivity contribution < 1.29 is 9.53 Å². The van der Waals surface area contributed by atoms with Gasteiger partial charge in [0.05, 0.1) is 0 Å². The third-order valence-corrected chi connectivity index (χ3v) is 3.51. The molecule has 0 aromatic carbocycles. The van der Waals surface area contributed by atoms with Crippen molar-refractivity contribution in [2.24, 2.45) is 11.3 Å². The molecule has 0 spiro atoms. The van der Waals surface area contributed by atoms with E-state index in [1.54, 1.807) is 0 Å². The lowest BCUT2D eigenvalue weighted by atomic mass is 9.72. The molecule has 0 radical (unpaired) electrons. The van der Waals surface area contributed by atoms with Gasteiger partial charge >= 0.3 is 6.03 Å². The molecule has 0 aliphatic carbocycles. The number of urea groups is 1. The van der Waals surface area contributed by atoms with Crippen molar-refractivity contribution in [3.05, 3.63) is 0 Å². The van der Waals surface area contributed by atoms with Crippen LogP contribution in [0.5, 0.6) is 0 Å². The molecule has 0 aromatic rings. The van der Waals surface area contributed by atoms with E-state index in [4.69, 9.17) is 4.74 Å². The molecule has 4 heteroatoms. The standard InChI is InChI=1S/C10H18N2O2/c1-10(6-11-9(13)12-7-10)8-2-4-14-5-3-8/h8H,2-7H2,1H3,(H2,11,12,13). The van der Waals surface area contributed by atoms with Crippen LogP contribution < -0.4 is 10.6 Å². The number of hydrogen-bond donors (Lipinski definition) is 2. The third-order valence-electron chi connectivity index (χ3n) is 3.51. The quantitative estimate of drug-likeness (QED) is 0.652. The highest BCUT2D eigenvalue weighted by Crippen LogP contribution is 2.34. The summed E-state index contributed by atoms with van der Waals surface area (Å²) in [6, 6.07) is -0.0328. The Hall–Kier alpha value is -0.770. The summed E-state index contributed by atoms with van der Waals surface area (Å²) in [6.45, 7) is 5.57. The van der Waals surface area contributed by atoms with Crippen LogP contribution in [0.3, 0.4) is 0 Å². The molecule has 4 nitrogen and oxygen atoms in total. The first-order chi connectivity index (χ1) is 6.71. The van der Waals surface area contributed by atoms with E-state index in [1.807, 2.05) is 0 Å². The molecule has 2 aliphatic heterocycles. The van der Waals surface area contributed by atoms with Crippen LogP contribution in [-0.2, 0) is 4.74 Å². The molecule has 2 heterocycles. The minimum atomic E-state index is -0.0328. The van der Waals surface area contributed by atoms with Crippen LogP contribution in [0.25, 0.3) is 0 Å². The zero-order valence-corrected chi connectivity index (χ0v) is 8.64. The Morgan fingerprint density at radius 2 is 1.86 bits per heavy atom. The van der Waals surface area contributed by atoms with Crippen LogP contribution in [0.2, 0.25) is 0 Å². The highest BCUT2D eigenvalue weighted by Gasteiger charge is 2.38. The minimum absolute atomic E-state index is 0.0328. The van der Waals surface area contributed by atoms with Crippen molar-refractivity contribution in [1.82, 2.24) is 10.6 Å². The number of carbonyl (C=O) groups excluding carboxylic acids is 1. The van der Waals surface area contributed by atoms with Crippen LogP contribution in [0, 0.1) is 11.3 Å². The van der Waals surface area contributed by atoms with Crippen LogP contribution in [-0.4, -0.2) is 32.3 Å². The van der Waals surface area contributed by atoms with Gasteiger partial charge in [0, 0.05) is 31.7 Å². The number of carbonyl (C=O) groups is 1. The van der Waals surface area contributed by atoms with Gasteiger partial charge in [0.25, 0.3) is 0 Å². The fourth-order valence-corrected chi connectivity index (χ4v) is 2.37. The van der Waals surface area contributed by atoms with Gasteiger partial charge < -0.3 is 15.4 Å². The van der Waals surface area contributed by atoms with Gasteiger partial charge in [0.1, 0.15) is 0 Å². The predicted octanol–water partition coefficient (Wildman–Crippen LogP) is 0.732. The smallest absolute Gasteiger partial charge is 0.314 e. The maximum absolute atomic E-state index is 11.0. The van der Waals surface area contributed by atoms with Crippen molar-refractivity contribution >= 4 is 6.03 Å². The van der Waals surface area contributed by atoms with E-state index in [9.17, 15) is 4.79 Å². The van der Waals surface area contributed by atoms with Gasteiger partial charge in [-0.15, -0.1) is 0 Å². The summed E-state index contributed by atoms with van der Waals surface area (Å²) in [6.07, 6.45) is 2.24. The first-order valence-corrected chi connectivity index (χ1v) is 5.30. The van der Waals surface area contributed by atoms with Crippen LogP contribution >= 0.6 is 0 Å². The van der Waals surface area contributed by atoms with E-state index in [0.29, 0.717) is 5.92 Å². The van der Waals surface area contributed by atoms with E-state index >= 15 is 0 Å². The summed E-state index contributed by atoms with van der Waals surface area (Å²) >= 11 is 0. The molecule has 2 N–H and O–H groups in total. The maximum atomic E-state index is 11.0. The first-order valence-electron chi connectivity index (χ1n) is 5.30. The number of nitrogens with one attached hydrogen (secondary N) is 2. The summed E-state index contributed by atoms with van der Waals surface area (Å²) in [5.41, 5.74) is 0.206. The van der Waals surface area contributed by atoms with Gasteiger partial charge in [-0.2, -0.15) is 0 Å². The molecule has 2 amide bonds. The molecule has 2 saturated heterocycles. The van der Waals surface area contributed by atoms with Gasteiger partial charge in [-0.05, 0) is 18.8 Å². The molecule has 14 heavy (non-hydrogen) atoms. The molecule has 2 rings (SSSR count). The number of hydrogen-bond acceptors (Lipinski definition) is 2. The van der Waals surface area contributed by atoms with Gasteiger partial charge in [-0.1, -0.05) is 6.92 Å². The highest BCUT2D eigenvalue weighted by atomic mass is 16.5. The van der Waals surface area contributed by atoms with Gasteiger partial charge in [0.2, 0.25) is 0 Å². The van der Waals surface area contributed by atoms with Crippen molar-refractivity contribution in [2.45, 2.75) is 19.8 Å². The van der Waals surface area contributed by atoms with E-state index in [1.165, 1.54) is 0 Å². The summed E-state index contributed by atoms with van der Waals surface area (Å²) in [5, 5.41) is 5.76. The second-order valence-corrected chi connectivity index (χ2v) is 4.58. The minimum Gasteiger partial charge on any atom is -0.381 e. The molecule has 80 valence electrons. The lowest BCUT2D eigenvalue weighted by Gasteiger charge is -2.42. The Morgan fingerprint density at radius 3 is 2.43 bits per heavy atom. The topological polar surface area (TPSA) is 50.4 Å². The van der Waals surface area contributed by atoms with E-state index in [0.717, 1.165) is 39.1 Å². The normalized spacial score (nSPS) is 27.9. The van der Waals surface area contributed by atoms with Gasteiger partial charge in [0.15, 0.2) is 0 Å². The van der Waals surface area contributed by atoms with E-state index < -0.39 is 0 Å². The van der Waals surface area contributed by atoms with Crippen LogP contribution in [0.4, 0.5) is 4.79 Å². The monoisotopic (exact) mass is 198 g/mol. The largest absolute Gasteiger partial charge is 0.381 e. The molecule has 0 unspecified atom stereocenters. The Morgan fingerprint density at radius 1 is 1.29 bits per heavy atom. The molecule has 2 fully saturated rings. The second kappa shape index (κ2) is 3.77. The van der Waals surface area contributed by atoms with Crippen molar-refractivity contribution in [2.75, 3.05) is 26.3 Å². The van der Waals surface area contributed by atoms with Gasteiger partial charge in [-0.3, -0.25) is 0 Å². The molecule has 0 bridgehead atoms. The molecular weight excluding hydrogens is 180 g/mol. The summed E-state index contributed by atoms with van der Waals surface area (Å²) in [7, 11) is 0. The fraction of sp³-hybridized carbons (Fsp3) is 0.900. The molecule has 0 saturated carbocycles. The summed E-state index contributed by atoms with van der Waals surface area (Å²) in [4.78, 5) is 11.0. The zero-order chi connectivity index (χ0) is 10.0. The van der Waals surface area contributed by atoms with Crippen LogP contribution in [0.1, 0.15) is 19.8 Å². The Labute approximate surface area is 84.4 Å². The Balaban J connectivity index is 1.96. The highest BCUT2D eigenvalue weighted by molar-refractivity contribution is 5.74. The third kappa shape index (κ3) is 1.85. The van der Waals surface area contributed by atoms with Crippen molar-refractivity contribution in [3.63, 3.8) is 0 Å². The summed E-state index contributed by atoms with van der Waals surface area (Å²) in [5.74, 6) is 0.671. The average Bonchev–Trinajstić information content (AvgIpc) is 2.24. The van der Waals surface area contributed by atoms with Crippen LogP contribution in [0.15, 0.2) is 0 Å². The lowest BCUT2D eigenvalue weighted by Crippen LogP contribution is -2.57. The fourth-order valence-electron chi connectivity index (χ4n) is 2.37. The maximum Gasteiger partial charge on any atom is 0.314 e. The number of amides is 2. The first kappa shape index (κ1) is 9.77. The summed E-state index contributed by atoms with van der Waals surface area (Å²) < 4.78 is 5.35. The van der Waals surface area contributed by atoms with Crippen molar-refractivity contribution in [1.29, 1.82) is 0 Å². The number of ether oxygens (including phenoxy) is 1. The predicted molar refractivity (Wildman–Crippen MR) is 53.1 cm³/mol. The average molecular weight is 198 g/mol. The lowest BCUT2D eigenvalue weighted by molar-refractivity contribution is 0.0147. The van der Waals surface area contributed by atoms with E-state index in [2.05, 4.69) is 17.6 Å². The molecular formula is C10H18N2O2. The van der Waals surface area contributed by atoms with Crippen molar-refractivity contribution in [3.8, 4) is 0 Å². The molecule has 0 aromatic heterocycles. The molecule has 2 aliphatic rings. The Kier molecular flexibility index (Phi) is 2.63. The zero-order valence-electron chi connectivity index (χ0n) is 8.64. The van der Waals surface area contributed by atoms with E-state index in [-0.39, 0.29) is 11.4 Å². The second-order valence-electron chi connectivity index (χ2n) is 4.58. The van der Waals surface area contributed by atoms with Gasteiger partial charge in [-0.25, -0.2) is 4.79 Å². The molecule has 0 atom stereocenters. The number of rotatable bonds is 1.